The Labute approximate surface area is 112 Å². The van der Waals surface area contributed by atoms with Crippen LogP contribution in [0.5, 0.6) is 5.75 Å². The Hall–Kier alpha value is -2.24. The zero-order valence-electron chi connectivity index (χ0n) is 11.1. The van der Waals surface area contributed by atoms with Crippen LogP contribution in [0.1, 0.15) is 19.1 Å². The van der Waals surface area contributed by atoms with Crippen LogP contribution in [0.4, 0.5) is 11.6 Å². The Morgan fingerprint density at radius 1 is 1.26 bits per heavy atom. The number of rotatable bonds is 7. The average molecular weight is 262 g/mol. The zero-order valence-corrected chi connectivity index (χ0v) is 11.1. The molecule has 6 nitrogen and oxygen atoms in total. The molecule has 0 aliphatic rings. The van der Waals surface area contributed by atoms with Crippen LogP contribution in [0, 0.1) is 0 Å². The number of methoxy groups -OCH3 is 1. The van der Waals surface area contributed by atoms with Gasteiger partial charge in [0, 0.05) is 6.54 Å². The van der Waals surface area contributed by atoms with Crippen molar-refractivity contribution in [3.8, 4) is 5.75 Å². The molecule has 0 atom stereocenters. The van der Waals surface area contributed by atoms with Gasteiger partial charge in [0.25, 0.3) is 0 Å². The Balaban J connectivity index is 2.10. The van der Waals surface area contributed by atoms with E-state index in [1.807, 2.05) is 12.1 Å². The fourth-order valence-electron chi connectivity index (χ4n) is 1.65. The van der Waals surface area contributed by atoms with Crippen molar-refractivity contribution in [1.29, 1.82) is 0 Å². The van der Waals surface area contributed by atoms with Crippen molar-refractivity contribution in [1.82, 2.24) is 9.97 Å². The second-order valence-corrected chi connectivity index (χ2v) is 3.96. The molecule has 19 heavy (non-hydrogen) atoms. The summed E-state index contributed by atoms with van der Waals surface area (Å²) >= 11 is 0. The molecule has 2 aromatic rings. The van der Waals surface area contributed by atoms with Crippen LogP contribution in [0.15, 0.2) is 29.1 Å². The van der Waals surface area contributed by atoms with Crippen molar-refractivity contribution in [2.75, 3.05) is 24.3 Å². The Morgan fingerprint density at radius 2 is 2.05 bits per heavy atom. The van der Waals surface area contributed by atoms with Gasteiger partial charge in [-0.3, -0.25) is 0 Å². The first kappa shape index (κ1) is 13.2. The maximum Gasteiger partial charge on any atom is 0.204 e. The summed E-state index contributed by atoms with van der Waals surface area (Å²) < 4.78 is 10.6. The number of ether oxygens (including phenoxy) is 1. The molecule has 2 heterocycles. The first-order valence-corrected chi connectivity index (χ1v) is 6.24. The van der Waals surface area contributed by atoms with Gasteiger partial charge < -0.3 is 19.8 Å². The molecule has 6 heteroatoms. The van der Waals surface area contributed by atoms with Gasteiger partial charge in [-0.1, -0.05) is 6.92 Å². The number of anilines is 2. The third-order valence-corrected chi connectivity index (χ3v) is 2.56. The molecule has 0 saturated heterocycles. The van der Waals surface area contributed by atoms with Crippen LogP contribution in [0.3, 0.4) is 0 Å². The third-order valence-electron chi connectivity index (χ3n) is 2.56. The minimum atomic E-state index is 0.549. The summed E-state index contributed by atoms with van der Waals surface area (Å²) in [5.41, 5.74) is 0. The largest absolute Gasteiger partial charge is 0.490 e. The molecule has 102 valence electrons. The molecular weight excluding hydrogens is 244 g/mol. The molecule has 0 amide bonds. The van der Waals surface area contributed by atoms with E-state index in [4.69, 9.17) is 9.15 Å². The summed E-state index contributed by atoms with van der Waals surface area (Å²) in [4.78, 5) is 8.37. The van der Waals surface area contributed by atoms with Crippen LogP contribution in [-0.4, -0.2) is 23.6 Å². The molecule has 2 rings (SSSR count). The molecule has 0 spiro atoms. The van der Waals surface area contributed by atoms with Crippen molar-refractivity contribution in [2.45, 2.75) is 19.9 Å². The molecule has 0 bridgehead atoms. The predicted octanol–water partition coefficient (Wildman–Crippen LogP) is 2.51. The van der Waals surface area contributed by atoms with Gasteiger partial charge in [-0.2, -0.15) is 0 Å². The number of nitrogens with zero attached hydrogens (tertiary/aromatic N) is 2. The normalized spacial score (nSPS) is 10.2. The summed E-state index contributed by atoms with van der Waals surface area (Å²) in [6.45, 7) is 3.48. The van der Waals surface area contributed by atoms with Gasteiger partial charge >= 0.3 is 0 Å². The lowest BCUT2D eigenvalue weighted by Crippen LogP contribution is -2.08. The van der Waals surface area contributed by atoms with Crippen molar-refractivity contribution in [3.05, 3.63) is 30.5 Å². The summed E-state index contributed by atoms with van der Waals surface area (Å²) in [5.74, 6) is 2.79. The average Bonchev–Trinajstić information content (AvgIpc) is 2.96. The number of aromatic nitrogens is 2. The fraction of sp³-hybridized carbons (Fsp3) is 0.385. The highest BCUT2D eigenvalue weighted by atomic mass is 16.5. The fourth-order valence-corrected chi connectivity index (χ4v) is 1.65. The van der Waals surface area contributed by atoms with E-state index in [2.05, 4.69) is 27.5 Å². The van der Waals surface area contributed by atoms with E-state index in [-0.39, 0.29) is 0 Å². The Bertz CT molecular complexity index is 499. The van der Waals surface area contributed by atoms with E-state index in [0.29, 0.717) is 23.9 Å². The molecule has 2 N–H and O–H groups in total. The zero-order chi connectivity index (χ0) is 13.5. The molecule has 0 aliphatic carbocycles. The number of hydrogen-bond acceptors (Lipinski definition) is 6. The van der Waals surface area contributed by atoms with Crippen molar-refractivity contribution < 1.29 is 9.15 Å². The molecule has 2 aromatic heterocycles. The van der Waals surface area contributed by atoms with Gasteiger partial charge in [-0.15, -0.1) is 0 Å². The summed E-state index contributed by atoms with van der Waals surface area (Å²) in [7, 11) is 1.61. The number of hydrogen-bond donors (Lipinski definition) is 2. The highest BCUT2D eigenvalue weighted by molar-refractivity contribution is 5.63. The molecular formula is C13H18N4O2. The molecule has 0 aliphatic heterocycles. The SMILES string of the molecule is CCCNc1ncnc(NCc2ccco2)c1OC. The van der Waals surface area contributed by atoms with Gasteiger partial charge in [0.2, 0.25) is 5.75 Å². The number of nitrogens with one attached hydrogen (secondary N) is 2. The predicted molar refractivity (Wildman–Crippen MR) is 73.4 cm³/mol. The number of furan rings is 1. The maximum atomic E-state index is 5.36. The van der Waals surface area contributed by atoms with Crippen LogP contribution in [0.25, 0.3) is 0 Å². The second kappa shape index (κ2) is 6.63. The minimum Gasteiger partial charge on any atom is -0.490 e. The summed E-state index contributed by atoms with van der Waals surface area (Å²) in [6, 6.07) is 3.75. The first-order valence-electron chi connectivity index (χ1n) is 6.24. The van der Waals surface area contributed by atoms with E-state index in [0.717, 1.165) is 18.7 Å². The Morgan fingerprint density at radius 3 is 2.68 bits per heavy atom. The third kappa shape index (κ3) is 3.37. The first-order chi connectivity index (χ1) is 9.35. The van der Waals surface area contributed by atoms with E-state index < -0.39 is 0 Å². The van der Waals surface area contributed by atoms with E-state index in [1.54, 1.807) is 13.4 Å². The maximum absolute atomic E-state index is 5.36. The smallest absolute Gasteiger partial charge is 0.204 e. The lowest BCUT2D eigenvalue weighted by atomic mass is 10.4. The monoisotopic (exact) mass is 262 g/mol. The topological polar surface area (TPSA) is 72.2 Å². The van der Waals surface area contributed by atoms with Gasteiger partial charge in [0.1, 0.15) is 12.1 Å². The van der Waals surface area contributed by atoms with Crippen LogP contribution in [0.2, 0.25) is 0 Å². The van der Waals surface area contributed by atoms with Crippen LogP contribution in [-0.2, 0) is 6.54 Å². The van der Waals surface area contributed by atoms with Crippen molar-refractivity contribution in [2.24, 2.45) is 0 Å². The van der Waals surface area contributed by atoms with Gasteiger partial charge in [-0.05, 0) is 18.6 Å². The standard InChI is InChI=1S/C13H18N4O2/c1-3-6-14-12-11(18-2)13(17-9-16-12)15-8-10-5-4-7-19-10/h4-5,7,9H,3,6,8H2,1-2H3,(H2,14,15,16,17). The lowest BCUT2D eigenvalue weighted by molar-refractivity contribution is 0.414. The summed E-state index contributed by atoms with van der Waals surface area (Å²) in [6.07, 6.45) is 4.16. The van der Waals surface area contributed by atoms with Gasteiger partial charge in [-0.25, -0.2) is 9.97 Å². The van der Waals surface area contributed by atoms with Crippen molar-refractivity contribution in [3.63, 3.8) is 0 Å². The Kier molecular flexibility index (Phi) is 4.60. The van der Waals surface area contributed by atoms with E-state index in [1.165, 1.54) is 6.33 Å². The van der Waals surface area contributed by atoms with E-state index in [9.17, 15) is 0 Å². The highest BCUT2D eigenvalue weighted by Gasteiger charge is 2.11. The second-order valence-electron chi connectivity index (χ2n) is 3.96. The lowest BCUT2D eigenvalue weighted by Gasteiger charge is -2.13. The summed E-state index contributed by atoms with van der Waals surface area (Å²) in [5, 5.41) is 6.38. The molecule has 0 fully saturated rings. The minimum absolute atomic E-state index is 0.549. The quantitative estimate of drug-likeness (QED) is 0.798. The van der Waals surface area contributed by atoms with Gasteiger partial charge in [0.15, 0.2) is 11.6 Å². The van der Waals surface area contributed by atoms with Crippen molar-refractivity contribution >= 4 is 11.6 Å². The van der Waals surface area contributed by atoms with E-state index >= 15 is 0 Å². The molecule has 0 unspecified atom stereocenters. The molecule has 0 radical (unpaired) electrons. The molecule has 0 aromatic carbocycles. The molecule has 0 saturated carbocycles. The van der Waals surface area contributed by atoms with Crippen LogP contribution < -0.4 is 15.4 Å². The highest BCUT2D eigenvalue weighted by Crippen LogP contribution is 2.29. The van der Waals surface area contributed by atoms with Gasteiger partial charge in [0.05, 0.1) is 19.9 Å². The van der Waals surface area contributed by atoms with Crippen LogP contribution >= 0.6 is 0 Å².